The Morgan fingerprint density at radius 3 is 1.90 bits per heavy atom. The van der Waals surface area contributed by atoms with Crippen LogP contribution in [0, 0.1) is 12.0 Å². The number of carbonyl (C=O) groups is 1. The zero-order valence-corrected chi connectivity index (χ0v) is 21.7. The molecular formula is C26H45NO2Ti. The molecule has 0 aromatic carbocycles. The van der Waals surface area contributed by atoms with Crippen molar-refractivity contribution in [2.24, 2.45) is 10.9 Å². The average molecular weight is 452 g/mol. The first kappa shape index (κ1) is 29.6. The molecule has 0 aromatic rings. The van der Waals surface area contributed by atoms with Crippen LogP contribution < -0.4 is 0 Å². The van der Waals surface area contributed by atoms with Gasteiger partial charge in [-0.3, -0.25) is 10.4 Å². The molecule has 1 atom stereocenters. The van der Waals surface area contributed by atoms with Crippen molar-refractivity contribution in [3.63, 3.8) is 0 Å². The van der Waals surface area contributed by atoms with Crippen LogP contribution in [-0.2, 0) is 31.2 Å². The zero-order valence-electron chi connectivity index (χ0n) is 20.2. The van der Waals surface area contributed by atoms with E-state index in [0.29, 0.717) is 18.8 Å². The normalized spacial score (nSPS) is 22.1. The van der Waals surface area contributed by atoms with Crippen molar-refractivity contribution in [3.05, 3.63) is 11.6 Å². The Bertz CT molecular complexity index is 461. The molecule has 3 aliphatic rings. The number of hydrogen-bond donors (Lipinski definition) is 0. The Labute approximate surface area is 201 Å². The third-order valence-electron chi connectivity index (χ3n) is 5.65. The van der Waals surface area contributed by atoms with Gasteiger partial charge >= 0.3 is 27.7 Å². The van der Waals surface area contributed by atoms with Crippen molar-refractivity contribution in [1.29, 1.82) is 0 Å². The standard InChI is InChI=1S/C16H25NO2.2C5H10.Ti/c1-16(2,3)17-12-11-14-8-5-7-13(14)9-6-10-15(18)19-4;2*1-2-4-5-3-1;/h14H,5-8,10-11H2,1-4H3;2*1-5H2;/q-2;;;+2. The number of carbonyl (C=O) groups excluding carboxylic acids is 1. The summed E-state index contributed by atoms with van der Waals surface area (Å²) in [5, 5.41) is 0. The third-order valence-corrected chi connectivity index (χ3v) is 5.65. The summed E-state index contributed by atoms with van der Waals surface area (Å²) in [5.74, 6) is 0.354. The van der Waals surface area contributed by atoms with E-state index in [0.717, 1.165) is 12.8 Å². The molecule has 4 heteroatoms. The van der Waals surface area contributed by atoms with Gasteiger partial charge in [0.1, 0.15) is 0 Å². The topological polar surface area (TPSA) is 38.7 Å². The van der Waals surface area contributed by atoms with Crippen LogP contribution in [0.2, 0.25) is 0 Å². The van der Waals surface area contributed by atoms with Gasteiger partial charge in [0, 0.05) is 12.0 Å². The van der Waals surface area contributed by atoms with Gasteiger partial charge in [-0.25, -0.2) is 0 Å². The number of methoxy groups -OCH3 is 1. The summed E-state index contributed by atoms with van der Waals surface area (Å²) in [5.41, 5.74) is 1.30. The smallest absolute Gasteiger partial charge is 0.498 e. The third kappa shape index (κ3) is 16.3. The molecule has 3 fully saturated rings. The molecular weight excluding hydrogens is 406 g/mol. The molecule has 0 spiro atoms. The van der Waals surface area contributed by atoms with E-state index >= 15 is 0 Å². The Hall–Kier alpha value is -0.406. The van der Waals surface area contributed by atoms with Crippen LogP contribution in [0.1, 0.15) is 124 Å². The molecule has 3 saturated carbocycles. The molecule has 0 heterocycles. The maximum absolute atomic E-state index is 11.1. The van der Waals surface area contributed by atoms with Crippen LogP contribution in [0.25, 0.3) is 0 Å². The number of rotatable bonds is 5. The van der Waals surface area contributed by atoms with Crippen molar-refractivity contribution in [2.45, 2.75) is 129 Å². The number of aliphatic imine (C=N–C) groups is 1. The Morgan fingerprint density at radius 2 is 1.47 bits per heavy atom. The fourth-order valence-corrected chi connectivity index (χ4v) is 3.96. The molecule has 0 N–H and O–H groups in total. The predicted molar refractivity (Wildman–Crippen MR) is 123 cm³/mol. The Morgan fingerprint density at radius 1 is 0.967 bits per heavy atom. The van der Waals surface area contributed by atoms with Gasteiger partial charge in [0.05, 0.1) is 7.11 Å². The number of allylic oxidation sites excluding steroid dienone is 2. The summed E-state index contributed by atoms with van der Waals surface area (Å²) < 4.78 is 4.63. The summed E-state index contributed by atoms with van der Waals surface area (Å²) >= 11 is 0. The van der Waals surface area contributed by atoms with Gasteiger partial charge in [0.15, 0.2) is 0 Å². The van der Waals surface area contributed by atoms with Crippen LogP contribution in [-0.4, -0.2) is 24.8 Å². The van der Waals surface area contributed by atoms with Crippen LogP contribution >= 0.6 is 0 Å². The van der Waals surface area contributed by atoms with E-state index in [4.69, 9.17) is 0 Å². The van der Waals surface area contributed by atoms with E-state index in [1.807, 2.05) is 0 Å². The quantitative estimate of drug-likeness (QED) is 0.188. The summed E-state index contributed by atoms with van der Waals surface area (Å²) in [7, 11) is 1.42. The van der Waals surface area contributed by atoms with Crippen molar-refractivity contribution in [2.75, 3.05) is 7.11 Å². The number of nitrogens with zero attached hydrogens (tertiary/aromatic N) is 1. The number of hydrogen-bond acceptors (Lipinski definition) is 3. The van der Waals surface area contributed by atoms with E-state index in [1.54, 1.807) is 0 Å². The Kier molecular flexibility index (Phi) is 17.9. The van der Waals surface area contributed by atoms with Crippen LogP contribution in [0.15, 0.2) is 10.6 Å². The minimum Gasteiger partial charge on any atom is -0.498 e. The molecule has 3 aliphatic carbocycles. The number of esters is 1. The summed E-state index contributed by atoms with van der Waals surface area (Å²) in [6.07, 6.45) is 27.0. The molecule has 170 valence electrons. The molecule has 0 radical (unpaired) electrons. The SMILES string of the molecule is C1CCCC1.C1CCCC1.COC(=O)CC[C-]=C1CCCC1C[C-]=NC(C)(C)C.[Ti+2]. The summed E-state index contributed by atoms with van der Waals surface area (Å²) in [4.78, 5) is 15.5. The van der Waals surface area contributed by atoms with E-state index in [9.17, 15) is 4.79 Å². The van der Waals surface area contributed by atoms with Gasteiger partial charge in [-0.15, -0.1) is 0 Å². The van der Waals surface area contributed by atoms with Crippen molar-refractivity contribution >= 4 is 12.2 Å². The van der Waals surface area contributed by atoms with E-state index in [2.05, 4.69) is 42.8 Å². The first-order chi connectivity index (χ1) is 13.9. The second-order valence-corrected chi connectivity index (χ2v) is 9.55. The molecule has 0 aromatic heterocycles. The predicted octanol–water partition coefficient (Wildman–Crippen LogP) is 7.50. The van der Waals surface area contributed by atoms with Crippen molar-refractivity contribution < 1.29 is 31.2 Å². The Balaban J connectivity index is 0.000000617. The molecule has 0 saturated heterocycles. The first-order valence-corrected chi connectivity index (χ1v) is 12.0. The second-order valence-electron chi connectivity index (χ2n) is 9.55. The molecule has 0 amide bonds. The summed E-state index contributed by atoms with van der Waals surface area (Å²) in [6.45, 7) is 6.23. The van der Waals surface area contributed by atoms with E-state index < -0.39 is 0 Å². The molecule has 0 bridgehead atoms. The molecule has 1 unspecified atom stereocenters. The fourth-order valence-electron chi connectivity index (χ4n) is 3.96. The largest absolute Gasteiger partial charge is 2.00 e. The zero-order chi connectivity index (χ0) is 21.4. The number of ether oxygens (including phenoxy) is 1. The van der Waals surface area contributed by atoms with Crippen molar-refractivity contribution in [3.8, 4) is 0 Å². The van der Waals surface area contributed by atoms with Gasteiger partial charge in [0.25, 0.3) is 0 Å². The molecule has 3 rings (SSSR count). The minimum atomic E-state index is -0.163. The minimum absolute atomic E-state index is 0. The maximum atomic E-state index is 11.1. The molecule has 3 nitrogen and oxygen atoms in total. The summed E-state index contributed by atoms with van der Waals surface area (Å²) in [6, 6.07) is 0. The van der Waals surface area contributed by atoms with Gasteiger partial charge in [0.2, 0.25) is 0 Å². The van der Waals surface area contributed by atoms with Crippen LogP contribution in [0.4, 0.5) is 0 Å². The van der Waals surface area contributed by atoms with Gasteiger partial charge < -0.3 is 22.0 Å². The van der Waals surface area contributed by atoms with Gasteiger partial charge in [-0.05, 0) is 20.8 Å². The fraction of sp³-hybridized carbons (Fsp3) is 0.846. The van der Waals surface area contributed by atoms with E-state index in [-0.39, 0.29) is 33.2 Å². The van der Waals surface area contributed by atoms with E-state index in [1.165, 1.54) is 89.7 Å². The van der Waals surface area contributed by atoms with Gasteiger partial charge in [-0.2, -0.15) is 12.8 Å². The molecule has 0 aliphatic heterocycles. The first-order valence-electron chi connectivity index (χ1n) is 12.0. The van der Waals surface area contributed by atoms with Crippen molar-refractivity contribution in [1.82, 2.24) is 0 Å². The van der Waals surface area contributed by atoms with Crippen LogP contribution in [0.5, 0.6) is 0 Å². The van der Waals surface area contributed by atoms with Crippen LogP contribution in [0.3, 0.4) is 0 Å². The monoisotopic (exact) mass is 451 g/mol. The average Bonchev–Trinajstić information content (AvgIpc) is 3.45. The second kappa shape index (κ2) is 18.2. The maximum Gasteiger partial charge on any atom is 2.00 e. The molecule has 30 heavy (non-hydrogen) atoms. The van der Waals surface area contributed by atoms with Gasteiger partial charge in [-0.1, -0.05) is 89.4 Å².